The van der Waals surface area contributed by atoms with Gasteiger partial charge in [-0.15, -0.1) is 24.0 Å². The maximum absolute atomic E-state index is 12.0. The van der Waals surface area contributed by atoms with Crippen LogP contribution in [0.3, 0.4) is 0 Å². The van der Waals surface area contributed by atoms with Crippen molar-refractivity contribution in [1.29, 1.82) is 0 Å². The zero-order valence-corrected chi connectivity index (χ0v) is 20.6. The minimum Gasteiger partial charge on any atom is -0.357 e. The molecule has 0 aromatic heterocycles. The standard InChI is InChI=1S/C19H31ClN4O2S.HI/c1-3-21-19(22-13-7-9-16-8-5-6-10-18(16)20)23-17-11-14-24(15-12-17)27(25,26)4-2;/h5-6,8,10,17H,3-4,7,9,11-15H2,1-2H3,(H2,21,22,23);1H. The molecule has 0 bridgehead atoms. The van der Waals surface area contributed by atoms with Crippen LogP contribution in [0.15, 0.2) is 29.3 Å². The monoisotopic (exact) mass is 542 g/mol. The van der Waals surface area contributed by atoms with Crippen molar-refractivity contribution in [3.05, 3.63) is 34.9 Å². The van der Waals surface area contributed by atoms with E-state index in [1.807, 2.05) is 31.2 Å². The van der Waals surface area contributed by atoms with E-state index in [0.717, 1.165) is 48.8 Å². The number of sulfonamides is 1. The minimum absolute atomic E-state index is 0. The molecule has 1 heterocycles. The molecule has 0 amide bonds. The summed E-state index contributed by atoms with van der Waals surface area (Å²) in [6.45, 7) is 6.37. The summed E-state index contributed by atoms with van der Waals surface area (Å²) in [6, 6.07) is 8.15. The summed E-state index contributed by atoms with van der Waals surface area (Å²) in [5.74, 6) is 0.967. The van der Waals surface area contributed by atoms with Gasteiger partial charge >= 0.3 is 0 Å². The van der Waals surface area contributed by atoms with E-state index in [1.165, 1.54) is 0 Å². The van der Waals surface area contributed by atoms with Gasteiger partial charge in [0.25, 0.3) is 0 Å². The van der Waals surface area contributed by atoms with Crippen molar-refractivity contribution < 1.29 is 8.42 Å². The van der Waals surface area contributed by atoms with Gasteiger partial charge in [0.05, 0.1) is 5.75 Å². The number of nitrogens with zero attached hydrogens (tertiary/aromatic N) is 2. The number of benzene rings is 1. The SMILES string of the molecule is CCNC(=NCCCc1ccccc1Cl)NC1CCN(S(=O)(=O)CC)CC1.I. The summed E-state index contributed by atoms with van der Waals surface area (Å²) >= 11 is 6.19. The molecule has 28 heavy (non-hydrogen) atoms. The Balaban J connectivity index is 0.00000392. The summed E-state index contributed by atoms with van der Waals surface area (Å²) in [7, 11) is -3.08. The Bertz CT molecular complexity index is 722. The third-order valence-electron chi connectivity index (χ3n) is 4.73. The van der Waals surface area contributed by atoms with E-state index in [1.54, 1.807) is 11.2 Å². The Morgan fingerprint density at radius 2 is 1.93 bits per heavy atom. The van der Waals surface area contributed by atoms with Gasteiger partial charge in [0, 0.05) is 37.2 Å². The van der Waals surface area contributed by atoms with E-state index in [9.17, 15) is 8.42 Å². The molecule has 0 atom stereocenters. The Morgan fingerprint density at radius 1 is 1.25 bits per heavy atom. The fourth-order valence-corrected chi connectivity index (χ4v) is 4.50. The number of hydrogen-bond acceptors (Lipinski definition) is 3. The smallest absolute Gasteiger partial charge is 0.213 e. The van der Waals surface area contributed by atoms with E-state index in [0.29, 0.717) is 19.6 Å². The summed E-state index contributed by atoms with van der Waals surface area (Å²) in [4.78, 5) is 4.66. The molecule has 9 heteroatoms. The summed E-state index contributed by atoms with van der Waals surface area (Å²) in [6.07, 6.45) is 3.41. The molecular weight excluding hydrogens is 511 g/mol. The zero-order valence-electron chi connectivity index (χ0n) is 16.7. The Morgan fingerprint density at radius 3 is 2.54 bits per heavy atom. The van der Waals surface area contributed by atoms with Crippen molar-refractivity contribution in [3.63, 3.8) is 0 Å². The third-order valence-corrected chi connectivity index (χ3v) is 6.98. The Hall–Kier alpha value is -0.580. The number of aliphatic imine (C=N–C) groups is 1. The molecular formula is C19H32ClIN4O2S. The van der Waals surface area contributed by atoms with E-state index in [2.05, 4.69) is 15.6 Å². The van der Waals surface area contributed by atoms with Gasteiger partial charge in [0.2, 0.25) is 10.0 Å². The number of aryl methyl sites for hydroxylation is 1. The highest BCUT2D eigenvalue weighted by atomic mass is 127. The Kier molecular flexibility index (Phi) is 11.7. The highest BCUT2D eigenvalue weighted by Gasteiger charge is 2.26. The maximum atomic E-state index is 12.0. The molecule has 6 nitrogen and oxygen atoms in total. The number of guanidine groups is 1. The van der Waals surface area contributed by atoms with E-state index in [4.69, 9.17) is 11.6 Å². The van der Waals surface area contributed by atoms with Crippen molar-refractivity contribution in [2.24, 2.45) is 4.99 Å². The van der Waals surface area contributed by atoms with Crippen LogP contribution in [0.5, 0.6) is 0 Å². The number of rotatable bonds is 8. The van der Waals surface area contributed by atoms with Gasteiger partial charge in [-0.25, -0.2) is 12.7 Å². The topological polar surface area (TPSA) is 73.8 Å². The predicted molar refractivity (Wildman–Crippen MR) is 128 cm³/mol. The molecule has 1 aliphatic rings. The van der Waals surface area contributed by atoms with Crippen molar-refractivity contribution in [1.82, 2.24) is 14.9 Å². The summed E-state index contributed by atoms with van der Waals surface area (Å²) in [5, 5.41) is 7.53. The van der Waals surface area contributed by atoms with Gasteiger partial charge in [-0.2, -0.15) is 0 Å². The molecule has 0 unspecified atom stereocenters. The highest BCUT2D eigenvalue weighted by molar-refractivity contribution is 14.0. The lowest BCUT2D eigenvalue weighted by Gasteiger charge is -2.32. The first kappa shape index (κ1) is 25.5. The van der Waals surface area contributed by atoms with Gasteiger partial charge in [-0.05, 0) is 51.2 Å². The van der Waals surface area contributed by atoms with Gasteiger partial charge in [0.15, 0.2) is 5.96 Å². The van der Waals surface area contributed by atoms with E-state index < -0.39 is 10.0 Å². The fraction of sp³-hybridized carbons (Fsp3) is 0.632. The van der Waals surface area contributed by atoms with Gasteiger partial charge in [0.1, 0.15) is 0 Å². The van der Waals surface area contributed by atoms with Crippen LogP contribution in [-0.4, -0.2) is 56.7 Å². The molecule has 1 aliphatic heterocycles. The van der Waals surface area contributed by atoms with Crippen LogP contribution in [0.2, 0.25) is 5.02 Å². The molecule has 2 N–H and O–H groups in total. The second-order valence-corrected chi connectivity index (χ2v) is 9.34. The molecule has 1 saturated heterocycles. The molecule has 0 radical (unpaired) electrons. The average Bonchev–Trinajstić information content (AvgIpc) is 2.67. The lowest BCUT2D eigenvalue weighted by molar-refractivity contribution is 0.306. The van der Waals surface area contributed by atoms with Crippen molar-refractivity contribution in [2.45, 2.75) is 45.6 Å². The first-order chi connectivity index (χ1) is 13.0. The average molecular weight is 543 g/mol. The van der Waals surface area contributed by atoms with Crippen molar-refractivity contribution in [2.75, 3.05) is 31.9 Å². The van der Waals surface area contributed by atoms with Crippen LogP contribution < -0.4 is 10.6 Å². The molecule has 160 valence electrons. The van der Waals surface area contributed by atoms with Crippen LogP contribution in [0, 0.1) is 0 Å². The molecule has 0 saturated carbocycles. The third kappa shape index (κ3) is 8.04. The number of nitrogens with one attached hydrogen (secondary N) is 2. The maximum Gasteiger partial charge on any atom is 0.213 e. The lowest BCUT2D eigenvalue weighted by atomic mass is 10.1. The van der Waals surface area contributed by atoms with Crippen LogP contribution in [0.1, 0.15) is 38.7 Å². The van der Waals surface area contributed by atoms with Crippen LogP contribution in [0.4, 0.5) is 0 Å². The van der Waals surface area contributed by atoms with Crippen molar-refractivity contribution in [3.8, 4) is 0 Å². The molecule has 1 fully saturated rings. The number of halogens is 2. The first-order valence-electron chi connectivity index (χ1n) is 9.72. The van der Waals surface area contributed by atoms with Crippen LogP contribution in [0.25, 0.3) is 0 Å². The first-order valence-corrected chi connectivity index (χ1v) is 11.7. The normalized spacial score (nSPS) is 16.5. The number of piperidine rings is 1. The zero-order chi connectivity index (χ0) is 19.7. The van der Waals surface area contributed by atoms with Crippen molar-refractivity contribution >= 4 is 51.6 Å². The molecule has 1 aromatic carbocycles. The predicted octanol–water partition coefficient (Wildman–Crippen LogP) is 3.26. The van der Waals surface area contributed by atoms with E-state index >= 15 is 0 Å². The van der Waals surface area contributed by atoms with Gasteiger partial charge in [-0.3, -0.25) is 4.99 Å². The van der Waals surface area contributed by atoms with Crippen LogP contribution >= 0.6 is 35.6 Å². The quantitative estimate of drug-likeness (QED) is 0.229. The molecule has 2 rings (SSSR count). The van der Waals surface area contributed by atoms with E-state index in [-0.39, 0.29) is 35.8 Å². The lowest BCUT2D eigenvalue weighted by Crippen LogP contribution is -2.50. The summed E-state index contributed by atoms with van der Waals surface area (Å²) in [5.41, 5.74) is 1.15. The van der Waals surface area contributed by atoms with Gasteiger partial charge < -0.3 is 10.6 Å². The van der Waals surface area contributed by atoms with Gasteiger partial charge in [-0.1, -0.05) is 29.8 Å². The molecule has 0 spiro atoms. The second-order valence-electron chi connectivity index (χ2n) is 6.67. The molecule has 0 aliphatic carbocycles. The second kappa shape index (κ2) is 12.9. The minimum atomic E-state index is -3.08. The fourth-order valence-electron chi connectivity index (χ4n) is 3.14. The Labute approximate surface area is 191 Å². The highest BCUT2D eigenvalue weighted by Crippen LogP contribution is 2.17. The summed E-state index contributed by atoms with van der Waals surface area (Å²) < 4.78 is 25.5. The molecule has 1 aromatic rings. The number of hydrogen-bond donors (Lipinski definition) is 2. The van der Waals surface area contributed by atoms with Crippen LogP contribution in [-0.2, 0) is 16.4 Å². The largest absolute Gasteiger partial charge is 0.357 e.